The predicted molar refractivity (Wildman–Crippen MR) is 193 cm³/mol. The lowest BCUT2D eigenvalue weighted by atomic mass is 10.0. The normalized spacial score (nSPS) is 11.7. The third-order valence-corrected chi connectivity index (χ3v) is 7.60. The lowest BCUT2D eigenvalue weighted by molar-refractivity contribution is -0.141. The number of amides is 2. The maximum absolute atomic E-state index is 13.5. The summed E-state index contributed by atoms with van der Waals surface area (Å²) in [5.74, 6) is -0.698. The zero-order valence-electron chi connectivity index (χ0n) is 29.3. The largest absolute Gasteiger partial charge is 0.494 e. The Kier molecular flexibility index (Phi) is 14.3. The molecule has 270 valence electrons. The first-order valence-corrected chi connectivity index (χ1v) is 17.1. The van der Waals surface area contributed by atoms with Crippen molar-refractivity contribution >= 4 is 18.0 Å². The van der Waals surface area contributed by atoms with Crippen molar-refractivity contribution in [3.63, 3.8) is 0 Å². The molecule has 3 N–H and O–H groups in total. The van der Waals surface area contributed by atoms with Crippen LogP contribution in [0.4, 0.5) is 9.18 Å². The van der Waals surface area contributed by atoms with E-state index in [9.17, 15) is 23.9 Å². The molecule has 0 saturated carbocycles. The summed E-state index contributed by atoms with van der Waals surface area (Å²) in [5.41, 5.74) is 3.55. The number of aliphatic carboxylic acids is 1. The average molecular weight is 700 g/mol. The maximum Gasteiger partial charge on any atom is 0.407 e. The minimum Gasteiger partial charge on any atom is -0.494 e. The molecule has 4 aromatic rings. The number of benzene rings is 3. The molecule has 3 aromatic carbocycles. The molecule has 0 saturated heterocycles. The number of aromatic nitrogens is 1. The molecule has 0 unspecified atom stereocenters. The Bertz CT molecular complexity index is 1710. The topological polar surface area (TPSA) is 136 Å². The van der Waals surface area contributed by atoms with E-state index in [1.807, 2.05) is 42.5 Å². The molecule has 0 aliphatic carbocycles. The second-order valence-corrected chi connectivity index (χ2v) is 13.0. The number of hydrogen-bond acceptors (Lipinski definition) is 7. The van der Waals surface area contributed by atoms with E-state index in [1.54, 1.807) is 57.2 Å². The molecule has 4 rings (SSSR count). The number of carboxylic acids is 1. The van der Waals surface area contributed by atoms with Gasteiger partial charge in [0.15, 0.2) is 0 Å². The van der Waals surface area contributed by atoms with Crippen LogP contribution in [0.5, 0.6) is 11.6 Å². The quantitative estimate of drug-likeness (QED) is 0.0904. The van der Waals surface area contributed by atoms with Crippen LogP contribution in [0, 0.1) is 5.82 Å². The minimum atomic E-state index is -1.11. The van der Waals surface area contributed by atoms with Crippen LogP contribution in [-0.4, -0.2) is 59.5 Å². The smallest absolute Gasteiger partial charge is 0.407 e. The number of carbonyl (C=O) groups excluding carboxylic acids is 2. The summed E-state index contributed by atoms with van der Waals surface area (Å²) < 4.78 is 30.4. The first-order chi connectivity index (χ1) is 24.4. The lowest BCUT2D eigenvalue weighted by Gasteiger charge is -2.19. The van der Waals surface area contributed by atoms with E-state index in [0.717, 1.165) is 22.3 Å². The third-order valence-electron chi connectivity index (χ3n) is 7.60. The Labute approximate surface area is 298 Å². The number of alkyl carbamates (subject to hydrolysis) is 1. The molecule has 11 heteroatoms. The van der Waals surface area contributed by atoms with Crippen LogP contribution in [0.3, 0.4) is 0 Å². The van der Waals surface area contributed by atoms with Crippen LogP contribution in [0.1, 0.15) is 58.4 Å². The van der Waals surface area contributed by atoms with Gasteiger partial charge in [0.1, 0.15) is 23.2 Å². The molecule has 1 heterocycles. The average Bonchev–Trinajstić information content (AvgIpc) is 3.09. The fourth-order valence-corrected chi connectivity index (χ4v) is 5.08. The molecule has 51 heavy (non-hydrogen) atoms. The van der Waals surface area contributed by atoms with Crippen molar-refractivity contribution in [2.24, 2.45) is 0 Å². The number of halogens is 1. The van der Waals surface area contributed by atoms with Crippen LogP contribution >= 0.6 is 0 Å². The molecule has 0 bridgehead atoms. The summed E-state index contributed by atoms with van der Waals surface area (Å²) in [6, 6.07) is 25.8. The van der Waals surface area contributed by atoms with Crippen LogP contribution in [-0.2, 0) is 20.7 Å². The summed E-state index contributed by atoms with van der Waals surface area (Å²) in [7, 11) is 0. The molecular formula is C40H46FN3O7. The Morgan fingerprint density at radius 3 is 2.20 bits per heavy atom. The summed E-state index contributed by atoms with van der Waals surface area (Å²) in [4.78, 5) is 40.9. The molecule has 0 radical (unpaired) electrons. The van der Waals surface area contributed by atoms with Gasteiger partial charge in [-0.15, -0.1) is 0 Å². The van der Waals surface area contributed by atoms with Crippen molar-refractivity contribution in [1.29, 1.82) is 0 Å². The zero-order valence-corrected chi connectivity index (χ0v) is 29.3. The van der Waals surface area contributed by atoms with Gasteiger partial charge in [-0.25, -0.2) is 19.0 Å². The second kappa shape index (κ2) is 19.1. The number of nitrogens with zero attached hydrogens (tertiary/aromatic N) is 1. The van der Waals surface area contributed by atoms with Crippen molar-refractivity contribution in [3.8, 4) is 34.0 Å². The highest BCUT2D eigenvalue weighted by atomic mass is 19.1. The lowest BCUT2D eigenvalue weighted by Crippen LogP contribution is -2.42. The number of nitrogens with one attached hydrogen (secondary N) is 2. The van der Waals surface area contributed by atoms with Crippen LogP contribution in [0.15, 0.2) is 91.0 Å². The number of ether oxygens (including phenoxy) is 3. The van der Waals surface area contributed by atoms with Gasteiger partial charge in [-0.2, -0.15) is 0 Å². The van der Waals surface area contributed by atoms with Gasteiger partial charge in [0.2, 0.25) is 11.8 Å². The monoisotopic (exact) mass is 699 g/mol. The highest BCUT2D eigenvalue weighted by Gasteiger charge is 2.20. The number of pyridine rings is 1. The molecule has 0 aliphatic rings. The number of hydrogen-bond donors (Lipinski definition) is 3. The molecule has 0 fully saturated rings. The number of carboxylic acid groups (broad SMARTS) is 1. The van der Waals surface area contributed by atoms with Gasteiger partial charge < -0.3 is 30.0 Å². The van der Waals surface area contributed by atoms with E-state index >= 15 is 0 Å². The van der Waals surface area contributed by atoms with Gasteiger partial charge in [0.05, 0.1) is 18.9 Å². The minimum absolute atomic E-state index is 0.129. The molecule has 2 amide bonds. The van der Waals surface area contributed by atoms with E-state index in [2.05, 4.69) is 15.6 Å². The van der Waals surface area contributed by atoms with E-state index < -0.39 is 23.7 Å². The summed E-state index contributed by atoms with van der Waals surface area (Å²) >= 11 is 0. The zero-order chi connectivity index (χ0) is 36.6. The third kappa shape index (κ3) is 13.8. The molecule has 0 aliphatic heterocycles. The first-order valence-electron chi connectivity index (χ1n) is 17.1. The van der Waals surface area contributed by atoms with Gasteiger partial charge in [-0.3, -0.25) is 4.79 Å². The maximum atomic E-state index is 13.5. The van der Waals surface area contributed by atoms with Crippen molar-refractivity contribution in [2.75, 3.05) is 19.8 Å². The van der Waals surface area contributed by atoms with Gasteiger partial charge in [-0.05, 0) is 106 Å². The summed E-state index contributed by atoms with van der Waals surface area (Å²) in [6.07, 6.45) is 2.37. The summed E-state index contributed by atoms with van der Waals surface area (Å²) in [6.45, 7) is 6.57. The van der Waals surface area contributed by atoms with Crippen molar-refractivity contribution in [3.05, 3.63) is 102 Å². The van der Waals surface area contributed by atoms with E-state index in [0.29, 0.717) is 62.8 Å². The Hall–Kier alpha value is -5.45. The molecule has 0 spiro atoms. The number of rotatable bonds is 18. The van der Waals surface area contributed by atoms with Crippen LogP contribution in [0.25, 0.3) is 22.4 Å². The fraction of sp³-hybridized carbons (Fsp3) is 0.350. The molecule has 10 nitrogen and oxygen atoms in total. The number of unbranched alkanes of at least 4 members (excludes halogenated alkanes) is 2. The SMILES string of the molecule is CC(C)(C)OC(=O)NCCCOc1ccc(C[C@H](NC(=O)CCCCCOc2cc(-c3ccccc3)cc(-c3ccc(F)cc3)n2)C(=O)O)cc1. The van der Waals surface area contributed by atoms with Gasteiger partial charge in [0.25, 0.3) is 0 Å². The Balaban J connectivity index is 1.17. The highest BCUT2D eigenvalue weighted by Crippen LogP contribution is 2.29. The standard InChI is InChI=1S/C40H46FN3O7/c1-40(2,3)51-39(48)42-22-10-24-49-33-20-14-28(15-21-33)25-35(38(46)47)43-36(45)13-8-5-9-23-50-37-27-31(29-11-6-4-7-12-29)26-34(44-37)30-16-18-32(41)19-17-30/h4,6-7,11-12,14-21,26-27,35H,5,8-10,13,22-25H2,1-3H3,(H,42,48)(H,43,45)(H,46,47)/t35-/m0/s1. The highest BCUT2D eigenvalue weighted by molar-refractivity contribution is 5.83. The second-order valence-electron chi connectivity index (χ2n) is 13.0. The van der Waals surface area contributed by atoms with Gasteiger partial charge in [-0.1, -0.05) is 42.5 Å². The van der Waals surface area contributed by atoms with Crippen molar-refractivity contribution < 1.29 is 38.1 Å². The van der Waals surface area contributed by atoms with E-state index in [4.69, 9.17) is 14.2 Å². The van der Waals surface area contributed by atoms with Crippen molar-refractivity contribution in [1.82, 2.24) is 15.6 Å². The van der Waals surface area contributed by atoms with Crippen molar-refractivity contribution in [2.45, 2.75) is 70.9 Å². The van der Waals surface area contributed by atoms with E-state index in [-0.39, 0.29) is 24.6 Å². The van der Waals surface area contributed by atoms with Gasteiger partial charge in [0, 0.05) is 31.0 Å². The van der Waals surface area contributed by atoms with E-state index in [1.165, 1.54) is 12.1 Å². The Morgan fingerprint density at radius 2 is 1.51 bits per heavy atom. The fourth-order valence-electron chi connectivity index (χ4n) is 5.08. The molecule has 1 atom stereocenters. The molecule has 1 aromatic heterocycles. The first kappa shape index (κ1) is 38.4. The summed E-state index contributed by atoms with van der Waals surface area (Å²) in [5, 5.41) is 15.0. The Morgan fingerprint density at radius 1 is 0.804 bits per heavy atom. The number of carbonyl (C=O) groups is 3. The molecular weight excluding hydrogens is 653 g/mol. The predicted octanol–water partition coefficient (Wildman–Crippen LogP) is 7.60. The van der Waals surface area contributed by atoms with Crippen LogP contribution < -0.4 is 20.1 Å². The van der Waals surface area contributed by atoms with Gasteiger partial charge >= 0.3 is 12.1 Å². The van der Waals surface area contributed by atoms with Crippen LogP contribution in [0.2, 0.25) is 0 Å².